The van der Waals surface area contributed by atoms with Crippen molar-refractivity contribution in [2.24, 2.45) is 0 Å². The van der Waals surface area contributed by atoms with Crippen molar-refractivity contribution in [2.45, 2.75) is 26.3 Å². The number of carbonyl (C=O) groups excluding carboxylic acids is 2. The van der Waals surface area contributed by atoms with E-state index in [2.05, 4.69) is 21.6 Å². The van der Waals surface area contributed by atoms with Crippen LogP contribution < -0.4 is 5.69 Å². The fourth-order valence-electron chi connectivity index (χ4n) is 2.59. The molecule has 1 atom stereocenters. The maximum atomic E-state index is 12.8. The van der Waals surface area contributed by atoms with Gasteiger partial charge in [-0.2, -0.15) is 4.98 Å². The second-order valence-electron chi connectivity index (χ2n) is 7.67. The van der Waals surface area contributed by atoms with Crippen molar-refractivity contribution in [2.75, 3.05) is 60.8 Å². The molecule has 32 heavy (non-hydrogen) atoms. The number of methoxy groups -OCH3 is 1. The summed E-state index contributed by atoms with van der Waals surface area (Å²) in [4.78, 5) is 44.0. The lowest BCUT2D eigenvalue weighted by molar-refractivity contribution is -0.147. The highest BCUT2D eigenvalue weighted by molar-refractivity contribution is 7.58. The van der Waals surface area contributed by atoms with Crippen LogP contribution in [0.15, 0.2) is 11.0 Å². The van der Waals surface area contributed by atoms with Gasteiger partial charge >= 0.3 is 11.7 Å². The molecule has 1 heterocycles. The quantitative estimate of drug-likeness (QED) is 0.203. The number of nitrogens with zero attached hydrogens (tertiary/aromatic N) is 4. The molecule has 0 N–H and O–H groups in total. The normalized spacial score (nSPS) is 12.6. The zero-order valence-corrected chi connectivity index (χ0v) is 20.6. The number of esters is 1. The zero-order chi connectivity index (χ0) is 24.3. The van der Waals surface area contributed by atoms with E-state index in [-0.39, 0.29) is 13.1 Å². The van der Waals surface area contributed by atoms with Crippen LogP contribution in [-0.4, -0.2) is 92.0 Å². The molecule has 0 aliphatic carbocycles. The van der Waals surface area contributed by atoms with Crippen LogP contribution in [0.25, 0.3) is 0 Å². The SMILES string of the molecule is COC(=O)CN(CCN(C)C)C(=O)Cn1cc(C#CCCCP(C)(=O)OC)c(C)nc1=O. The third-order valence-electron chi connectivity index (χ3n) is 4.68. The molecule has 1 unspecified atom stereocenters. The van der Waals surface area contributed by atoms with Crippen molar-refractivity contribution in [1.82, 2.24) is 19.4 Å². The summed E-state index contributed by atoms with van der Waals surface area (Å²) in [5.41, 5.74) is 0.416. The molecule has 0 fully saturated rings. The number of likely N-dealkylation sites (N-methyl/N-ethyl adjacent to an activating group) is 1. The van der Waals surface area contributed by atoms with Gasteiger partial charge in [0.2, 0.25) is 5.91 Å². The smallest absolute Gasteiger partial charge is 0.348 e. The number of rotatable bonds is 11. The third-order valence-corrected chi connectivity index (χ3v) is 6.58. The van der Waals surface area contributed by atoms with Crippen LogP contribution in [0.1, 0.15) is 24.1 Å². The van der Waals surface area contributed by atoms with Crippen LogP contribution >= 0.6 is 7.37 Å². The highest BCUT2D eigenvalue weighted by Crippen LogP contribution is 2.41. The molecule has 1 aromatic heterocycles. The van der Waals surface area contributed by atoms with Gasteiger partial charge in [0.05, 0.1) is 18.4 Å². The standard InChI is InChI=1S/C21H33N4O6P/c1-17-18(10-8-7-9-13-32(6,29)31-5)14-25(21(28)22-17)15-19(26)24(12-11-23(2)3)16-20(27)30-4/h14H,7,9,11-13,15-16H2,1-6H3. The Hall–Kier alpha value is -2.47. The van der Waals surface area contributed by atoms with Crippen LogP contribution in [0.2, 0.25) is 0 Å². The first-order valence-electron chi connectivity index (χ1n) is 10.2. The van der Waals surface area contributed by atoms with Crippen molar-refractivity contribution >= 4 is 19.2 Å². The Balaban J connectivity index is 2.94. The number of aromatic nitrogens is 2. The molecule has 1 amide bonds. The minimum Gasteiger partial charge on any atom is -0.468 e. The van der Waals surface area contributed by atoms with Gasteiger partial charge in [0.15, 0.2) is 7.37 Å². The molecule has 0 aliphatic rings. The summed E-state index contributed by atoms with van der Waals surface area (Å²) >= 11 is 0. The topological polar surface area (TPSA) is 111 Å². The van der Waals surface area contributed by atoms with Crippen LogP contribution in [0.5, 0.6) is 0 Å². The van der Waals surface area contributed by atoms with E-state index in [0.29, 0.717) is 43.4 Å². The van der Waals surface area contributed by atoms with Crippen LogP contribution in [0.3, 0.4) is 0 Å². The lowest BCUT2D eigenvalue weighted by Gasteiger charge is -2.23. The monoisotopic (exact) mass is 468 g/mol. The number of carbonyl (C=O) groups is 2. The predicted octanol–water partition coefficient (Wildman–Crippen LogP) is 0.801. The first kappa shape index (κ1) is 27.6. The number of hydrogen-bond donors (Lipinski definition) is 0. The van der Waals surface area contributed by atoms with E-state index in [1.165, 1.54) is 29.9 Å². The molecule has 0 saturated heterocycles. The number of unbranched alkanes of at least 4 members (excludes halogenated alkanes) is 1. The number of hydrogen-bond acceptors (Lipinski definition) is 8. The summed E-state index contributed by atoms with van der Waals surface area (Å²) in [7, 11) is 3.83. The first-order chi connectivity index (χ1) is 15.0. The predicted molar refractivity (Wildman–Crippen MR) is 122 cm³/mol. The minimum absolute atomic E-state index is 0.202. The molecule has 1 rings (SSSR count). The second-order valence-corrected chi connectivity index (χ2v) is 10.5. The van der Waals surface area contributed by atoms with Crippen molar-refractivity contribution in [1.29, 1.82) is 0 Å². The van der Waals surface area contributed by atoms with Crippen LogP contribution in [0.4, 0.5) is 0 Å². The van der Waals surface area contributed by atoms with Gasteiger partial charge in [-0.1, -0.05) is 11.8 Å². The van der Waals surface area contributed by atoms with Gasteiger partial charge in [-0.15, -0.1) is 0 Å². The fraction of sp³-hybridized carbons (Fsp3) is 0.619. The maximum absolute atomic E-state index is 12.8. The Morgan fingerprint density at radius 1 is 1.25 bits per heavy atom. The molecule has 0 radical (unpaired) electrons. The molecular formula is C21H33N4O6P. The summed E-state index contributed by atoms with van der Waals surface area (Å²) < 4.78 is 22.7. The Kier molecular flexibility index (Phi) is 11.3. The number of ether oxygens (including phenoxy) is 1. The molecule has 178 valence electrons. The summed E-state index contributed by atoms with van der Waals surface area (Å²) in [6, 6.07) is 0. The maximum Gasteiger partial charge on any atom is 0.348 e. The molecule has 11 heteroatoms. The van der Waals surface area contributed by atoms with Crippen LogP contribution in [-0.2, 0) is 30.0 Å². The molecule has 0 aromatic carbocycles. The van der Waals surface area contributed by atoms with Crippen molar-refractivity contribution in [3.05, 3.63) is 27.9 Å². The average Bonchev–Trinajstić information content (AvgIpc) is 2.73. The van der Waals surface area contributed by atoms with Crippen molar-refractivity contribution in [3.8, 4) is 11.8 Å². The van der Waals surface area contributed by atoms with E-state index in [4.69, 9.17) is 4.52 Å². The van der Waals surface area contributed by atoms with E-state index in [1.54, 1.807) is 13.6 Å². The van der Waals surface area contributed by atoms with Crippen LogP contribution in [0, 0.1) is 18.8 Å². The van der Waals surface area contributed by atoms with Gasteiger partial charge in [-0.05, 0) is 27.4 Å². The van der Waals surface area contributed by atoms with Gasteiger partial charge in [0.25, 0.3) is 0 Å². The number of aryl methyl sites for hydroxylation is 1. The summed E-state index contributed by atoms with van der Waals surface area (Å²) in [5, 5.41) is 0. The molecule has 0 saturated carbocycles. The van der Waals surface area contributed by atoms with E-state index >= 15 is 0 Å². The highest BCUT2D eigenvalue weighted by atomic mass is 31.2. The van der Waals surface area contributed by atoms with Gasteiger partial charge in [0, 0.05) is 45.6 Å². The average molecular weight is 468 g/mol. The minimum atomic E-state index is -2.56. The molecule has 1 aromatic rings. The van der Waals surface area contributed by atoms with Gasteiger partial charge in [-0.3, -0.25) is 18.7 Å². The van der Waals surface area contributed by atoms with Crippen molar-refractivity contribution in [3.63, 3.8) is 0 Å². The van der Waals surface area contributed by atoms with E-state index in [1.807, 2.05) is 19.0 Å². The van der Waals surface area contributed by atoms with E-state index in [9.17, 15) is 18.9 Å². The van der Waals surface area contributed by atoms with Crippen molar-refractivity contribution < 1.29 is 23.4 Å². The lowest BCUT2D eigenvalue weighted by Crippen LogP contribution is -2.43. The molecular weight excluding hydrogens is 435 g/mol. The molecule has 0 bridgehead atoms. The summed E-state index contributed by atoms with van der Waals surface area (Å²) in [6.07, 6.45) is 3.06. The highest BCUT2D eigenvalue weighted by Gasteiger charge is 2.19. The van der Waals surface area contributed by atoms with Gasteiger partial charge in [0.1, 0.15) is 13.1 Å². The lowest BCUT2D eigenvalue weighted by atomic mass is 10.2. The van der Waals surface area contributed by atoms with E-state index in [0.717, 1.165) is 0 Å². The first-order valence-corrected chi connectivity index (χ1v) is 12.4. The fourth-order valence-corrected chi connectivity index (χ4v) is 3.51. The third kappa shape index (κ3) is 9.77. The number of amides is 1. The molecule has 0 spiro atoms. The Labute approximate surface area is 189 Å². The Morgan fingerprint density at radius 3 is 2.53 bits per heavy atom. The summed E-state index contributed by atoms with van der Waals surface area (Å²) in [5.74, 6) is 5.01. The van der Waals surface area contributed by atoms with E-state index < -0.39 is 24.9 Å². The Morgan fingerprint density at radius 2 is 1.94 bits per heavy atom. The van der Waals surface area contributed by atoms with Gasteiger partial charge < -0.3 is 19.1 Å². The Bertz CT molecular complexity index is 963. The zero-order valence-electron chi connectivity index (χ0n) is 19.7. The van der Waals surface area contributed by atoms with Gasteiger partial charge in [-0.25, -0.2) is 4.79 Å². The summed E-state index contributed by atoms with van der Waals surface area (Å²) in [6.45, 7) is 3.65. The molecule has 0 aliphatic heterocycles. The second kappa shape index (κ2) is 13.2. The largest absolute Gasteiger partial charge is 0.468 e. The molecule has 10 nitrogen and oxygen atoms in total.